The lowest BCUT2D eigenvalue weighted by molar-refractivity contribution is 0.358. The molecule has 1 aliphatic rings. The third-order valence-electron chi connectivity index (χ3n) is 4.05. The summed E-state index contributed by atoms with van der Waals surface area (Å²) in [6, 6.07) is 7.45. The van der Waals surface area contributed by atoms with Crippen LogP contribution < -0.4 is 10.9 Å². The van der Waals surface area contributed by atoms with Crippen molar-refractivity contribution >= 4 is 10.9 Å². The van der Waals surface area contributed by atoms with E-state index in [0.717, 1.165) is 11.3 Å². The van der Waals surface area contributed by atoms with E-state index in [1.165, 1.54) is 25.7 Å². The molecule has 0 spiro atoms. The number of fused-ring (bicyclic) bond motifs is 1. The normalized spacial score (nSPS) is 17.9. The van der Waals surface area contributed by atoms with Gasteiger partial charge in [-0.25, -0.2) is 4.98 Å². The molecule has 1 aromatic carbocycles. The molecule has 1 aromatic heterocycles. The van der Waals surface area contributed by atoms with Crippen LogP contribution >= 0.6 is 0 Å². The molecule has 1 fully saturated rings. The molecule has 0 saturated heterocycles. The van der Waals surface area contributed by atoms with Crippen molar-refractivity contribution in [3.63, 3.8) is 0 Å². The zero-order valence-corrected chi connectivity index (χ0v) is 11.2. The van der Waals surface area contributed by atoms with Crippen LogP contribution in [0.4, 0.5) is 0 Å². The second kappa shape index (κ2) is 4.78. The topological polar surface area (TPSA) is 57.8 Å². The van der Waals surface area contributed by atoms with Crippen molar-refractivity contribution in [2.75, 3.05) is 0 Å². The van der Waals surface area contributed by atoms with Crippen molar-refractivity contribution in [1.82, 2.24) is 15.3 Å². The number of benzene rings is 1. The molecule has 19 heavy (non-hydrogen) atoms. The maximum absolute atomic E-state index is 12.0. The quantitative estimate of drug-likeness (QED) is 0.887. The monoisotopic (exact) mass is 257 g/mol. The Morgan fingerprint density at radius 1 is 1.32 bits per heavy atom. The Labute approximate surface area is 112 Å². The first-order chi connectivity index (χ1) is 9.16. The van der Waals surface area contributed by atoms with E-state index in [1.54, 1.807) is 6.07 Å². The maximum atomic E-state index is 12.0. The predicted molar refractivity (Wildman–Crippen MR) is 76.1 cm³/mol. The van der Waals surface area contributed by atoms with E-state index in [0.29, 0.717) is 11.9 Å². The van der Waals surface area contributed by atoms with Gasteiger partial charge in [0.1, 0.15) is 5.82 Å². The number of aromatic amines is 1. The fraction of sp³-hybridized carbons (Fsp3) is 0.467. The molecule has 0 bridgehead atoms. The number of H-pyrrole nitrogens is 1. The highest BCUT2D eigenvalue weighted by molar-refractivity contribution is 5.77. The fourth-order valence-corrected chi connectivity index (χ4v) is 2.85. The van der Waals surface area contributed by atoms with Crippen LogP contribution in [-0.2, 0) is 6.54 Å². The summed E-state index contributed by atoms with van der Waals surface area (Å²) in [7, 11) is 0. The molecule has 0 unspecified atom stereocenters. The number of aromatic nitrogens is 2. The zero-order chi connectivity index (χ0) is 13.3. The smallest absolute Gasteiger partial charge is 0.258 e. The number of nitrogens with zero attached hydrogens (tertiary/aromatic N) is 1. The van der Waals surface area contributed by atoms with Crippen molar-refractivity contribution in [3.8, 4) is 0 Å². The summed E-state index contributed by atoms with van der Waals surface area (Å²) in [4.78, 5) is 19.3. The Hall–Kier alpha value is -1.68. The van der Waals surface area contributed by atoms with Crippen molar-refractivity contribution in [3.05, 3.63) is 40.4 Å². The van der Waals surface area contributed by atoms with E-state index in [-0.39, 0.29) is 11.1 Å². The summed E-state index contributed by atoms with van der Waals surface area (Å²) >= 11 is 0. The minimum atomic E-state index is -0.0565. The summed E-state index contributed by atoms with van der Waals surface area (Å²) in [5, 5.41) is 4.18. The van der Waals surface area contributed by atoms with Gasteiger partial charge in [0.05, 0.1) is 17.4 Å². The molecule has 4 heteroatoms. The Morgan fingerprint density at radius 3 is 2.84 bits per heavy atom. The van der Waals surface area contributed by atoms with Gasteiger partial charge in [0.2, 0.25) is 0 Å². The first-order valence-electron chi connectivity index (χ1n) is 6.89. The fourth-order valence-electron chi connectivity index (χ4n) is 2.85. The Morgan fingerprint density at radius 2 is 2.05 bits per heavy atom. The van der Waals surface area contributed by atoms with E-state index in [1.807, 2.05) is 18.2 Å². The van der Waals surface area contributed by atoms with Crippen LogP contribution in [0, 0.1) is 0 Å². The summed E-state index contributed by atoms with van der Waals surface area (Å²) in [6.45, 7) is 2.87. The molecule has 1 saturated carbocycles. The molecule has 2 N–H and O–H groups in total. The molecule has 0 amide bonds. The van der Waals surface area contributed by atoms with E-state index in [9.17, 15) is 4.79 Å². The molecule has 3 rings (SSSR count). The van der Waals surface area contributed by atoms with Crippen LogP contribution in [0.15, 0.2) is 29.1 Å². The predicted octanol–water partition coefficient (Wildman–Crippen LogP) is 2.35. The Kier molecular flexibility index (Phi) is 3.11. The van der Waals surface area contributed by atoms with Gasteiger partial charge in [0.25, 0.3) is 5.56 Å². The minimum Gasteiger partial charge on any atom is -0.309 e. The van der Waals surface area contributed by atoms with Crippen LogP contribution in [0.5, 0.6) is 0 Å². The summed E-state index contributed by atoms with van der Waals surface area (Å²) < 4.78 is 0. The van der Waals surface area contributed by atoms with Gasteiger partial charge in [-0.1, -0.05) is 25.0 Å². The summed E-state index contributed by atoms with van der Waals surface area (Å²) in [5.41, 5.74) is 0.906. The maximum Gasteiger partial charge on any atom is 0.258 e. The second-order valence-electron chi connectivity index (χ2n) is 5.65. The molecule has 0 aliphatic heterocycles. The van der Waals surface area contributed by atoms with E-state index in [2.05, 4.69) is 22.2 Å². The molecular weight excluding hydrogens is 238 g/mol. The Bertz CT molecular complexity index is 641. The van der Waals surface area contributed by atoms with Gasteiger partial charge in [0, 0.05) is 5.54 Å². The number of rotatable bonds is 3. The van der Waals surface area contributed by atoms with Gasteiger partial charge in [0.15, 0.2) is 0 Å². The minimum absolute atomic E-state index is 0.0565. The van der Waals surface area contributed by atoms with Gasteiger partial charge in [-0.2, -0.15) is 0 Å². The van der Waals surface area contributed by atoms with Crippen molar-refractivity contribution in [1.29, 1.82) is 0 Å². The van der Waals surface area contributed by atoms with Crippen LogP contribution in [0.3, 0.4) is 0 Å². The average molecular weight is 257 g/mol. The van der Waals surface area contributed by atoms with Gasteiger partial charge in [-0.05, 0) is 31.9 Å². The third-order valence-corrected chi connectivity index (χ3v) is 4.05. The lowest BCUT2D eigenvalue weighted by Crippen LogP contribution is -2.39. The lowest BCUT2D eigenvalue weighted by Gasteiger charge is -2.25. The first-order valence-corrected chi connectivity index (χ1v) is 6.89. The van der Waals surface area contributed by atoms with Gasteiger partial charge in [-0.3, -0.25) is 4.79 Å². The van der Waals surface area contributed by atoms with Crippen LogP contribution in [0.2, 0.25) is 0 Å². The SMILES string of the molecule is CC1(NCc2nc3ccccc3c(=O)[nH]2)CCCC1. The molecule has 100 valence electrons. The van der Waals surface area contributed by atoms with Crippen molar-refractivity contribution in [2.45, 2.75) is 44.7 Å². The molecule has 2 aromatic rings. The van der Waals surface area contributed by atoms with E-state index in [4.69, 9.17) is 0 Å². The van der Waals surface area contributed by atoms with E-state index >= 15 is 0 Å². The highest BCUT2D eigenvalue weighted by Crippen LogP contribution is 2.28. The van der Waals surface area contributed by atoms with E-state index < -0.39 is 0 Å². The third kappa shape index (κ3) is 2.54. The van der Waals surface area contributed by atoms with Crippen molar-refractivity contribution in [2.24, 2.45) is 0 Å². The summed E-state index contributed by atoms with van der Waals surface area (Å²) in [5.74, 6) is 0.719. The molecule has 1 aliphatic carbocycles. The molecule has 0 atom stereocenters. The number of nitrogens with one attached hydrogen (secondary N) is 2. The Balaban J connectivity index is 1.83. The lowest BCUT2D eigenvalue weighted by atomic mass is 10.0. The van der Waals surface area contributed by atoms with Crippen LogP contribution in [0.1, 0.15) is 38.4 Å². The van der Waals surface area contributed by atoms with Crippen molar-refractivity contribution < 1.29 is 0 Å². The molecule has 1 heterocycles. The molecule has 0 radical (unpaired) electrons. The highest BCUT2D eigenvalue weighted by Gasteiger charge is 2.27. The van der Waals surface area contributed by atoms with Gasteiger partial charge < -0.3 is 10.3 Å². The number of hydrogen-bond acceptors (Lipinski definition) is 3. The van der Waals surface area contributed by atoms with Crippen LogP contribution in [-0.4, -0.2) is 15.5 Å². The first kappa shape index (κ1) is 12.4. The standard InChI is InChI=1S/C15H19N3O/c1-15(8-4-5-9-15)16-10-13-17-12-7-3-2-6-11(12)14(19)18-13/h2-3,6-7,16H,4-5,8-10H2,1H3,(H,17,18,19). The van der Waals surface area contributed by atoms with Crippen LogP contribution in [0.25, 0.3) is 10.9 Å². The second-order valence-corrected chi connectivity index (χ2v) is 5.65. The zero-order valence-electron chi connectivity index (χ0n) is 11.2. The molecule has 4 nitrogen and oxygen atoms in total. The summed E-state index contributed by atoms with van der Waals surface area (Å²) in [6.07, 6.45) is 4.96. The largest absolute Gasteiger partial charge is 0.309 e. The molecular formula is C15H19N3O. The number of hydrogen-bond donors (Lipinski definition) is 2. The number of para-hydroxylation sites is 1. The van der Waals surface area contributed by atoms with Gasteiger partial charge >= 0.3 is 0 Å². The highest BCUT2D eigenvalue weighted by atomic mass is 16.1. The average Bonchev–Trinajstić information content (AvgIpc) is 2.84. The van der Waals surface area contributed by atoms with Gasteiger partial charge in [-0.15, -0.1) is 0 Å².